The number of carbonyl (C=O) groups is 1. The summed E-state index contributed by atoms with van der Waals surface area (Å²) in [6.45, 7) is 17.0. The van der Waals surface area contributed by atoms with Crippen LogP contribution in [0.3, 0.4) is 0 Å². The lowest BCUT2D eigenvalue weighted by Gasteiger charge is -2.61. The minimum absolute atomic E-state index is 0.0627. The molecule has 0 saturated heterocycles. The molecule has 0 radical (unpaired) electrons. The molecule has 4 rings (SSSR count). The van der Waals surface area contributed by atoms with E-state index < -0.39 is 17.6 Å². The molecule has 4 nitrogen and oxygen atoms in total. The standard InChI is InChI=1S/C30H46O4/c1-17(2)18(3)8-9-19(4)24-12-13-25-23-11-10-21-14-22(32)15-27(34-20(5)31)30(21,7)28(23)26(33)16-29(24,25)6/h8-10,17,19,22-28,32-33H,3,11-16H2,1-2,4-7H3/b9-8+/t19-,22-,23+,24-,25+,26-,27+,28-,29-,30-/m1/s1. The lowest BCUT2D eigenvalue weighted by Crippen LogP contribution is -2.61. The van der Waals surface area contributed by atoms with E-state index in [0.29, 0.717) is 42.4 Å². The first-order valence-electron chi connectivity index (χ1n) is 13.5. The van der Waals surface area contributed by atoms with Gasteiger partial charge in [-0.25, -0.2) is 0 Å². The molecule has 34 heavy (non-hydrogen) atoms. The summed E-state index contributed by atoms with van der Waals surface area (Å²) in [7, 11) is 0. The maximum Gasteiger partial charge on any atom is 0.302 e. The van der Waals surface area contributed by atoms with Crippen molar-refractivity contribution in [2.24, 2.45) is 46.3 Å². The first-order chi connectivity index (χ1) is 15.9. The van der Waals surface area contributed by atoms with Crippen LogP contribution in [0.1, 0.15) is 80.1 Å². The third-order valence-corrected chi connectivity index (χ3v) is 10.5. The predicted molar refractivity (Wildman–Crippen MR) is 136 cm³/mol. The Bertz CT molecular complexity index is 871. The van der Waals surface area contributed by atoms with Crippen LogP contribution in [0.4, 0.5) is 0 Å². The van der Waals surface area contributed by atoms with Crippen molar-refractivity contribution in [2.45, 2.75) is 98.4 Å². The molecule has 10 atom stereocenters. The first kappa shape index (κ1) is 25.7. The Balaban J connectivity index is 1.64. The van der Waals surface area contributed by atoms with E-state index in [4.69, 9.17) is 4.74 Å². The van der Waals surface area contributed by atoms with Crippen LogP contribution in [-0.2, 0) is 9.53 Å². The molecule has 0 aromatic carbocycles. The van der Waals surface area contributed by atoms with E-state index in [1.807, 2.05) is 0 Å². The largest absolute Gasteiger partial charge is 0.462 e. The third-order valence-electron chi connectivity index (χ3n) is 10.5. The Kier molecular flexibility index (Phi) is 6.98. The van der Waals surface area contributed by atoms with Crippen LogP contribution in [0, 0.1) is 46.3 Å². The Morgan fingerprint density at radius 3 is 2.59 bits per heavy atom. The molecule has 0 aromatic heterocycles. The molecular weight excluding hydrogens is 424 g/mol. The van der Waals surface area contributed by atoms with Crippen molar-refractivity contribution in [3.05, 3.63) is 36.0 Å². The summed E-state index contributed by atoms with van der Waals surface area (Å²) in [5.41, 5.74) is 2.03. The van der Waals surface area contributed by atoms with E-state index in [2.05, 4.69) is 59.4 Å². The zero-order chi connectivity index (χ0) is 25.0. The summed E-state index contributed by atoms with van der Waals surface area (Å²) in [4.78, 5) is 12.0. The predicted octanol–water partition coefficient (Wildman–Crippen LogP) is 5.84. The molecule has 0 amide bonds. The molecule has 0 unspecified atom stereocenters. The number of rotatable bonds is 5. The second kappa shape index (κ2) is 9.24. The smallest absolute Gasteiger partial charge is 0.302 e. The van der Waals surface area contributed by atoms with Crippen molar-refractivity contribution >= 4 is 5.97 Å². The van der Waals surface area contributed by atoms with Gasteiger partial charge in [0.1, 0.15) is 6.10 Å². The normalized spacial score (nSPS) is 44.7. The molecule has 0 aromatic rings. The number of ether oxygens (including phenoxy) is 1. The molecule has 2 N–H and O–H groups in total. The molecular formula is C30H46O4. The van der Waals surface area contributed by atoms with Gasteiger partial charge in [-0.1, -0.05) is 70.6 Å². The van der Waals surface area contributed by atoms with Crippen LogP contribution in [-0.4, -0.2) is 34.5 Å². The van der Waals surface area contributed by atoms with Gasteiger partial charge in [0.2, 0.25) is 0 Å². The van der Waals surface area contributed by atoms with Crippen LogP contribution in [0.15, 0.2) is 36.0 Å². The average molecular weight is 471 g/mol. The Labute approximate surface area is 206 Å². The lowest BCUT2D eigenvalue weighted by atomic mass is 9.45. The van der Waals surface area contributed by atoms with E-state index in [0.717, 1.165) is 12.8 Å². The van der Waals surface area contributed by atoms with Crippen molar-refractivity contribution in [3.8, 4) is 0 Å². The fraction of sp³-hybridized carbons (Fsp3) is 0.767. The summed E-state index contributed by atoms with van der Waals surface area (Å²) >= 11 is 0. The lowest BCUT2D eigenvalue weighted by molar-refractivity contribution is -0.182. The maximum absolute atomic E-state index is 12.0. The van der Waals surface area contributed by atoms with Crippen LogP contribution >= 0.6 is 0 Å². The van der Waals surface area contributed by atoms with Crippen molar-refractivity contribution in [2.75, 3.05) is 0 Å². The van der Waals surface area contributed by atoms with Gasteiger partial charge in [-0.15, -0.1) is 0 Å². The highest BCUT2D eigenvalue weighted by Crippen LogP contribution is 2.67. The van der Waals surface area contributed by atoms with E-state index in [1.165, 1.54) is 30.9 Å². The second-order valence-electron chi connectivity index (χ2n) is 12.6. The molecule has 190 valence electrons. The van der Waals surface area contributed by atoms with Gasteiger partial charge in [-0.2, -0.15) is 0 Å². The zero-order valence-corrected chi connectivity index (χ0v) is 22.1. The van der Waals surface area contributed by atoms with E-state index in [1.54, 1.807) is 0 Å². The van der Waals surface area contributed by atoms with Gasteiger partial charge in [0.15, 0.2) is 0 Å². The number of esters is 1. The van der Waals surface area contributed by atoms with Gasteiger partial charge in [0, 0.05) is 24.7 Å². The molecule has 0 aliphatic heterocycles. The van der Waals surface area contributed by atoms with Crippen LogP contribution in [0.5, 0.6) is 0 Å². The highest BCUT2D eigenvalue weighted by molar-refractivity contribution is 5.66. The molecule has 4 aliphatic rings. The van der Waals surface area contributed by atoms with E-state index in [-0.39, 0.29) is 23.4 Å². The number of aliphatic hydroxyl groups excluding tert-OH is 2. The topological polar surface area (TPSA) is 66.8 Å². The molecule has 0 heterocycles. The molecule has 0 bridgehead atoms. The average Bonchev–Trinajstić information content (AvgIpc) is 3.08. The van der Waals surface area contributed by atoms with Gasteiger partial charge in [-0.05, 0) is 67.1 Å². The quantitative estimate of drug-likeness (QED) is 0.301. The Morgan fingerprint density at radius 2 is 1.94 bits per heavy atom. The summed E-state index contributed by atoms with van der Waals surface area (Å²) < 4.78 is 5.83. The minimum Gasteiger partial charge on any atom is -0.462 e. The Morgan fingerprint density at radius 1 is 1.24 bits per heavy atom. The first-order valence-corrected chi connectivity index (χ1v) is 13.5. The molecule has 4 heteroatoms. The van der Waals surface area contributed by atoms with Crippen molar-refractivity contribution in [1.82, 2.24) is 0 Å². The van der Waals surface area contributed by atoms with Crippen molar-refractivity contribution in [3.63, 3.8) is 0 Å². The number of carbonyl (C=O) groups excluding carboxylic acids is 1. The summed E-state index contributed by atoms with van der Waals surface area (Å²) in [6, 6.07) is 0. The highest BCUT2D eigenvalue weighted by atomic mass is 16.5. The van der Waals surface area contributed by atoms with Crippen molar-refractivity contribution < 1.29 is 19.7 Å². The summed E-state index contributed by atoms with van der Waals surface area (Å²) in [6.07, 6.45) is 10.8. The third kappa shape index (κ3) is 4.13. The van der Waals surface area contributed by atoms with Gasteiger partial charge in [-0.3, -0.25) is 4.79 Å². The fourth-order valence-electron chi connectivity index (χ4n) is 8.67. The Hall–Kier alpha value is -1.39. The molecule has 0 spiro atoms. The van der Waals surface area contributed by atoms with Crippen LogP contribution in [0.2, 0.25) is 0 Å². The van der Waals surface area contributed by atoms with Crippen LogP contribution in [0.25, 0.3) is 0 Å². The monoisotopic (exact) mass is 470 g/mol. The number of fused-ring (bicyclic) bond motifs is 5. The number of hydrogen-bond donors (Lipinski definition) is 2. The van der Waals surface area contributed by atoms with Gasteiger partial charge in [0.05, 0.1) is 12.2 Å². The van der Waals surface area contributed by atoms with E-state index in [9.17, 15) is 15.0 Å². The summed E-state index contributed by atoms with van der Waals surface area (Å²) in [5, 5.41) is 22.3. The SMILES string of the molecule is C=C(/C=C/[C@@H](C)[C@H]1CC[C@H]2[C@@H]3CC=C4C[C@@H](O)C[C@H](OC(C)=O)[C@]4(C)[C@H]3[C@H](O)C[C@]12C)C(C)C. The summed E-state index contributed by atoms with van der Waals surface area (Å²) in [5.74, 6) is 2.13. The van der Waals surface area contributed by atoms with E-state index >= 15 is 0 Å². The van der Waals surface area contributed by atoms with Gasteiger partial charge < -0.3 is 14.9 Å². The fourth-order valence-corrected chi connectivity index (χ4v) is 8.67. The number of allylic oxidation sites excluding steroid dienone is 4. The minimum atomic E-state index is -0.490. The van der Waals surface area contributed by atoms with Crippen molar-refractivity contribution in [1.29, 1.82) is 0 Å². The number of aliphatic hydroxyl groups is 2. The zero-order valence-electron chi connectivity index (χ0n) is 22.1. The van der Waals surface area contributed by atoms with Gasteiger partial charge >= 0.3 is 5.97 Å². The molecule has 4 aliphatic carbocycles. The molecule has 3 fully saturated rings. The van der Waals surface area contributed by atoms with Crippen LogP contribution < -0.4 is 0 Å². The maximum atomic E-state index is 12.0. The highest BCUT2D eigenvalue weighted by Gasteiger charge is 2.64. The second-order valence-corrected chi connectivity index (χ2v) is 12.6. The molecule has 3 saturated carbocycles. The van der Waals surface area contributed by atoms with Gasteiger partial charge in [0.25, 0.3) is 0 Å². The number of hydrogen-bond acceptors (Lipinski definition) is 4.